The monoisotopic (exact) mass is 309 g/mol. The third kappa shape index (κ3) is 2.55. The molecule has 2 atom stereocenters. The Labute approximate surface area is 126 Å². The summed E-state index contributed by atoms with van der Waals surface area (Å²) in [4.78, 5) is 12.9. The number of hydrogen-bond donors (Lipinski definition) is 2. The van der Waals surface area contributed by atoms with Gasteiger partial charge in [0.05, 0.1) is 17.2 Å². The van der Waals surface area contributed by atoms with Crippen molar-refractivity contribution in [3.63, 3.8) is 0 Å². The largest absolute Gasteiger partial charge is 0.391 e. The number of carbonyl (C=O) groups excluding carboxylic acids is 1. The number of halogens is 1. The molecule has 0 saturated heterocycles. The van der Waals surface area contributed by atoms with Crippen LogP contribution in [-0.2, 0) is 0 Å². The molecule has 0 spiro atoms. The quantitative estimate of drug-likeness (QED) is 0.890. The Kier molecular flexibility index (Phi) is 3.96. The molecule has 1 fully saturated rings. The molecule has 1 aliphatic carbocycles. The molecule has 1 heterocycles. The van der Waals surface area contributed by atoms with Gasteiger partial charge in [-0.15, -0.1) is 11.3 Å². The van der Waals surface area contributed by atoms with Crippen LogP contribution in [0.1, 0.15) is 35.4 Å². The number of amides is 1. The second-order valence-electron chi connectivity index (χ2n) is 5.17. The molecule has 0 bridgehead atoms. The first-order valence-corrected chi connectivity index (χ1v) is 8.02. The molecule has 1 aromatic carbocycles. The SMILES string of the molecule is O=C(N[C@@H]1CCCC[C@H]1O)c1sc2ccccc2c1Cl. The Morgan fingerprint density at radius 2 is 2.05 bits per heavy atom. The number of rotatable bonds is 2. The maximum absolute atomic E-state index is 12.4. The molecule has 0 aliphatic heterocycles. The van der Waals surface area contributed by atoms with Crippen molar-refractivity contribution in [1.82, 2.24) is 5.32 Å². The van der Waals surface area contributed by atoms with Gasteiger partial charge >= 0.3 is 0 Å². The minimum absolute atomic E-state index is 0.155. The second-order valence-corrected chi connectivity index (χ2v) is 6.60. The van der Waals surface area contributed by atoms with Gasteiger partial charge < -0.3 is 10.4 Å². The summed E-state index contributed by atoms with van der Waals surface area (Å²) in [6.45, 7) is 0. The summed E-state index contributed by atoms with van der Waals surface area (Å²) in [7, 11) is 0. The van der Waals surface area contributed by atoms with E-state index in [0.29, 0.717) is 9.90 Å². The number of carbonyl (C=O) groups is 1. The number of benzene rings is 1. The van der Waals surface area contributed by atoms with Gasteiger partial charge in [-0.1, -0.05) is 42.6 Å². The van der Waals surface area contributed by atoms with Gasteiger partial charge in [-0.05, 0) is 18.9 Å². The molecule has 3 nitrogen and oxygen atoms in total. The van der Waals surface area contributed by atoms with E-state index in [2.05, 4.69) is 5.32 Å². The molecule has 5 heteroatoms. The van der Waals surface area contributed by atoms with Crippen LogP contribution in [0, 0.1) is 0 Å². The lowest BCUT2D eigenvalue weighted by Gasteiger charge is -2.28. The molecule has 1 saturated carbocycles. The van der Waals surface area contributed by atoms with E-state index < -0.39 is 6.10 Å². The van der Waals surface area contributed by atoms with Crippen LogP contribution in [0.25, 0.3) is 10.1 Å². The average molecular weight is 310 g/mol. The Balaban J connectivity index is 1.83. The molecule has 2 N–H and O–H groups in total. The maximum atomic E-state index is 12.4. The fraction of sp³-hybridized carbons (Fsp3) is 0.400. The molecule has 3 rings (SSSR count). The molecule has 1 aliphatic rings. The van der Waals surface area contributed by atoms with Crippen molar-refractivity contribution in [2.45, 2.75) is 37.8 Å². The minimum atomic E-state index is -0.444. The van der Waals surface area contributed by atoms with Gasteiger partial charge in [0.25, 0.3) is 5.91 Å². The van der Waals surface area contributed by atoms with Crippen LogP contribution in [0.4, 0.5) is 0 Å². The number of hydrogen-bond acceptors (Lipinski definition) is 3. The Morgan fingerprint density at radius 1 is 1.30 bits per heavy atom. The first-order valence-electron chi connectivity index (χ1n) is 6.83. The summed E-state index contributed by atoms with van der Waals surface area (Å²) >= 11 is 7.69. The fourth-order valence-electron chi connectivity index (χ4n) is 2.67. The molecule has 1 aromatic heterocycles. The highest BCUT2D eigenvalue weighted by molar-refractivity contribution is 7.21. The average Bonchev–Trinajstić information content (AvgIpc) is 2.79. The maximum Gasteiger partial charge on any atom is 0.263 e. The van der Waals surface area contributed by atoms with Crippen molar-refractivity contribution in [3.05, 3.63) is 34.2 Å². The van der Waals surface area contributed by atoms with Crippen LogP contribution in [0.2, 0.25) is 5.02 Å². The summed E-state index contributed by atoms with van der Waals surface area (Å²) in [5.74, 6) is -0.179. The number of aliphatic hydroxyl groups is 1. The zero-order valence-corrected chi connectivity index (χ0v) is 12.5. The van der Waals surface area contributed by atoms with Gasteiger partial charge in [-0.25, -0.2) is 0 Å². The standard InChI is InChI=1S/C15H16ClNO2S/c16-13-9-5-1-4-8-12(9)20-14(13)15(19)17-10-6-2-3-7-11(10)18/h1,4-5,8,10-11,18H,2-3,6-7H2,(H,17,19)/t10-,11-/m1/s1. The van der Waals surface area contributed by atoms with Gasteiger partial charge in [-0.3, -0.25) is 4.79 Å². The molecular formula is C15H16ClNO2S. The van der Waals surface area contributed by atoms with Crippen molar-refractivity contribution < 1.29 is 9.90 Å². The molecule has 0 radical (unpaired) electrons. The number of thiophene rings is 1. The van der Waals surface area contributed by atoms with E-state index in [9.17, 15) is 9.90 Å². The van der Waals surface area contributed by atoms with E-state index in [-0.39, 0.29) is 11.9 Å². The highest BCUT2D eigenvalue weighted by Crippen LogP contribution is 2.35. The van der Waals surface area contributed by atoms with Crippen molar-refractivity contribution in [2.24, 2.45) is 0 Å². The highest BCUT2D eigenvalue weighted by Gasteiger charge is 2.26. The number of fused-ring (bicyclic) bond motifs is 1. The lowest BCUT2D eigenvalue weighted by atomic mass is 9.92. The molecule has 2 aromatic rings. The van der Waals surface area contributed by atoms with Crippen LogP contribution in [0.5, 0.6) is 0 Å². The highest BCUT2D eigenvalue weighted by atomic mass is 35.5. The molecule has 1 amide bonds. The van der Waals surface area contributed by atoms with Gasteiger partial charge in [0, 0.05) is 10.1 Å². The first-order chi connectivity index (χ1) is 9.66. The number of nitrogens with one attached hydrogen (secondary N) is 1. The van der Waals surface area contributed by atoms with Gasteiger partial charge in [0.2, 0.25) is 0 Å². The summed E-state index contributed by atoms with van der Waals surface area (Å²) < 4.78 is 1.01. The van der Waals surface area contributed by atoms with Crippen LogP contribution in [0.15, 0.2) is 24.3 Å². The third-order valence-electron chi connectivity index (χ3n) is 3.79. The van der Waals surface area contributed by atoms with Crippen molar-refractivity contribution in [2.75, 3.05) is 0 Å². The second kappa shape index (κ2) is 5.72. The van der Waals surface area contributed by atoms with Gasteiger partial charge in [0.1, 0.15) is 4.88 Å². The van der Waals surface area contributed by atoms with Gasteiger partial charge in [-0.2, -0.15) is 0 Å². The molecule has 20 heavy (non-hydrogen) atoms. The smallest absolute Gasteiger partial charge is 0.263 e. The van der Waals surface area contributed by atoms with Crippen molar-refractivity contribution in [1.29, 1.82) is 0 Å². The van der Waals surface area contributed by atoms with Crippen LogP contribution < -0.4 is 5.32 Å². The predicted octanol–water partition coefficient (Wildman–Crippen LogP) is 3.59. The Hall–Kier alpha value is -1.10. The summed E-state index contributed by atoms with van der Waals surface area (Å²) in [5, 5.41) is 14.3. The van der Waals surface area contributed by atoms with Gasteiger partial charge in [0.15, 0.2) is 0 Å². The Morgan fingerprint density at radius 3 is 2.80 bits per heavy atom. The van der Waals surface area contributed by atoms with E-state index in [0.717, 1.165) is 35.8 Å². The lowest BCUT2D eigenvalue weighted by molar-refractivity contribution is 0.0720. The topological polar surface area (TPSA) is 49.3 Å². The molecular weight excluding hydrogens is 294 g/mol. The predicted molar refractivity (Wildman–Crippen MR) is 82.6 cm³/mol. The van der Waals surface area contributed by atoms with E-state index in [4.69, 9.17) is 11.6 Å². The first kappa shape index (κ1) is 13.9. The van der Waals surface area contributed by atoms with Crippen LogP contribution in [-0.4, -0.2) is 23.2 Å². The summed E-state index contributed by atoms with van der Waals surface area (Å²) in [6.07, 6.45) is 3.21. The van der Waals surface area contributed by atoms with Crippen LogP contribution in [0.3, 0.4) is 0 Å². The molecule has 0 unspecified atom stereocenters. The van der Waals surface area contributed by atoms with E-state index >= 15 is 0 Å². The van der Waals surface area contributed by atoms with Crippen LogP contribution >= 0.6 is 22.9 Å². The minimum Gasteiger partial charge on any atom is -0.391 e. The number of aliphatic hydroxyl groups excluding tert-OH is 1. The van der Waals surface area contributed by atoms with E-state index in [1.54, 1.807) is 0 Å². The summed E-state index contributed by atoms with van der Waals surface area (Å²) in [6, 6.07) is 7.56. The Bertz CT molecular complexity index is 640. The van der Waals surface area contributed by atoms with E-state index in [1.807, 2.05) is 24.3 Å². The fourth-order valence-corrected chi connectivity index (χ4v) is 4.09. The molecule has 106 valence electrons. The normalized spacial score (nSPS) is 22.9. The zero-order chi connectivity index (χ0) is 14.1. The zero-order valence-electron chi connectivity index (χ0n) is 10.9. The van der Waals surface area contributed by atoms with Crippen molar-refractivity contribution in [3.8, 4) is 0 Å². The third-order valence-corrected chi connectivity index (χ3v) is 5.46. The van der Waals surface area contributed by atoms with Crippen molar-refractivity contribution >= 4 is 38.9 Å². The lowest BCUT2D eigenvalue weighted by Crippen LogP contribution is -2.44. The summed E-state index contributed by atoms with van der Waals surface area (Å²) in [5.41, 5.74) is 0. The van der Waals surface area contributed by atoms with E-state index in [1.165, 1.54) is 11.3 Å².